The zero-order chi connectivity index (χ0) is 13.2. The lowest BCUT2D eigenvalue weighted by molar-refractivity contribution is 0.0600. The maximum Gasteiger partial charge on any atom is 0.338 e. The molecule has 0 spiro atoms. The number of nitrogens with zero attached hydrogens (tertiary/aromatic N) is 3. The van der Waals surface area contributed by atoms with Gasteiger partial charge >= 0.3 is 5.97 Å². The first kappa shape index (κ1) is 12.5. The highest BCUT2D eigenvalue weighted by Crippen LogP contribution is 2.28. The molecule has 2 aromatic heterocycles. The highest BCUT2D eigenvalue weighted by molar-refractivity contribution is 8.00. The van der Waals surface area contributed by atoms with Gasteiger partial charge in [0.2, 0.25) is 0 Å². The fourth-order valence-corrected chi connectivity index (χ4v) is 3.60. The molecule has 1 unspecified atom stereocenters. The molecule has 19 heavy (non-hydrogen) atoms. The van der Waals surface area contributed by atoms with Crippen molar-refractivity contribution in [3.05, 3.63) is 29.7 Å². The lowest BCUT2D eigenvalue weighted by Gasteiger charge is -2.06. The quantitative estimate of drug-likeness (QED) is 0.803. The average molecular weight is 277 g/mol. The summed E-state index contributed by atoms with van der Waals surface area (Å²) < 4.78 is 6.65. The van der Waals surface area contributed by atoms with Crippen molar-refractivity contribution < 1.29 is 9.53 Å². The summed E-state index contributed by atoms with van der Waals surface area (Å²) >= 11 is 2.01. The number of ether oxygens (including phenoxy) is 1. The Bertz CT molecular complexity index is 605. The highest BCUT2D eigenvalue weighted by atomic mass is 32.2. The van der Waals surface area contributed by atoms with Gasteiger partial charge in [0.1, 0.15) is 5.82 Å². The van der Waals surface area contributed by atoms with E-state index in [1.807, 2.05) is 22.4 Å². The maximum atomic E-state index is 11.5. The molecule has 0 radical (unpaired) electrons. The number of hydrogen-bond acceptors (Lipinski definition) is 5. The monoisotopic (exact) mass is 277 g/mol. The number of rotatable bonds is 3. The Morgan fingerprint density at radius 1 is 1.58 bits per heavy atom. The number of aromatic nitrogens is 3. The van der Waals surface area contributed by atoms with Gasteiger partial charge in [-0.15, -0.1) is 10.2 Å². The minimum atomic E-state index is -0.349. The Morgan fingerprint density at radius 2 is 2.47 bits per heavy atom. The van der Waals surface area contributed by atoms with Crippen molar-refractivity contribution in [2.45, 2.75) is 24.5 Å². The van der Waals surface area contributed by atoms with Crippen LogP contribution in [0, 0.1) is 0 Å². The van der Waals surface area contributed by atoms with Gasteiger partial charge in [-0.2, -0.15) is 11.8 Å². The van der Waals surface area contributed by atoms with Gasteiger partial charge in [0, 0.05) is 17.9 Å². The number of esters is 1. The van der Waals surface area contributed by atoms with E-state index in [2.05, 4.69) is 10.2 Å². The van der Waals surface area contributed by atoms with Crippen LogP contribution in [0.2, 0.25) is 0 Å². The van der Waals surface area contributed by atoms with E-state index in [1.165, 1.54) is 25.7 Å². The van der Waals surface area contributed by atoms with E-state index in [1.54, 1.807) is 12.1 Å². The molecular formula is C13H15N3O2S. The van der Waals surface area contributed by atoms with E-state index in [0.717, 1.165) is 12.2 Å². The van der Waals surface area contributed by atoms with E-state index in [-0.39, 0.29) is 5.97 Å². The second-order valence-electron chi connectivity index (χ2n) is 4.59. The van der Waals surface area contributed by atoms with Crippen molar-refractivity contribution in [2.24, 2.45) is 0 Å². The van der Waals surface area contributed by atoms with Crippen LogP contribution < -0.4 is 0 Å². The van der Waals surface area contributed by atoms with E-state index in [4.69, 9.17) is 4.74 Å². The number of carbonyl (C=O) groups is 1. The number of methoxy groups -OCH3 is 1. The van der Waals surface area contributed by atoms with Crippen LogP contribution in [-0.4, -0.2) is 38.7 Å². The van der Waals surface area contributed by atoms with Crippen molar-refractivity contribution in [2.75, 3.05) is 12.9 Å². The molecular weight excluding hydrogens is 262 g/mol. The van der Waals surface area contributed by atoms with Crippen molar-refractivity contribution in [3.8, 4) is 0 Å². The largest absolute Gasteiger partial charge is 0.465 e. The Hall–Kier alpha value is -1.56. The summed E-state index contributed by atoms with van der Waals surface area (Å²) in [6.07, 6.45) is 5.32. The number of pyridine rings is 1. The predicted octanol–water partition coefficient (Wildman–Crippen LogP) is 1.95. The Labute approximate surface area is 115 Å². The number of hydrogen-bond donors (Lipinski definition) is 0. The van der Waals surface area contributed by atoms with Crippen LogP contribution in [0.25, 0.3) is 5.65 Å². The zero-order valence-corrected chi connectivity index (χ0v) is 11.5. The van der Waals surface area contributed by atoms with E-state index in [9.17, 15) is 4.79 Å². The molecule has 1 atom stereocenters. The minimum absolute atomic E-state index is 0.349. The van der Waals surface area contributed by atoms with Crippen molar-refractivity contribution in [1.82, 2.24) is 14.6 Å². The molecule has 0 saturated carbocycles. The van der Waals surface area contributed by atoms with E-state index < -0.39 is 0 Å². The predicted molar refractivity (Wildman–Crippen MR) is 73.5 cm³/mol. The molecule has 3 heterocycles. The summed E-state index contributed by atoms with van der Waals surface area (Å²) in [5.74, 6) is 1.86. The molecule has 0 aliphatic carbocycles. The van der Waals surface area contributed by atoms with Crippen LogP contribution >= 0.6 is 11.8 Å². The van der Waals surface area contributed by atoms with Crippen molar-refractivity contribution in [1.29, 1.82) is 0 Å². The summed E-state index contributed by atoms with van der Waals surface area (Å²) in [5, 5.41) is 9.01. The first-order valence-electron chi connectivity index (χ1n) is 6.31. The lowest BCUT2D eigenvalue weighted by Crippen LogP contribution is -2.07. The molecule has 5 nitrogen and oxygen atoms in total. The van der Waals surface area contributed by atoms with Gasteiger partial charge in [0.25, 0.3) is 0 Å². The van der Waals surface area contributed by atoms with Crippen molar-refractivity contribution >= 4 is 23.4 Å². The number of thioether (sulfide) groups is 1. The third-order valence-corrected chi connectivity index (χ3v) is 4.73. The summed E-state index contributed by atoms with van der Waals surface area (Å²) in [4.78, 5) is 11.5. The molecule has 0 amide bonds. The highest BCUT2D eigenvalue weighted by Gasteiger charge is 2.19. The maximum absolute atomic E-state index is 11.5. The molecule has 3 rings (SSSR count). The Balaban J connectivity index is 1.88. The molecule has 1 saturated heterocycles. The average Bonchev–Trinajstić information content (AvgIpc) is 3.08. The molecule has 0 N–H and O–H groups in total. The zero-order valence-electron chi connectivity index (χ0n) is 10.7. The van der Waals surface area contributed by atoms with Gasteiger partial charge in [0.15, 0.2) is 5.65 Å². The second-order valence-corrected chi connectivity index (χ2v) is 6.00. The summed E-state index contributed by atoms with van der Waals surface area (Å²) in [5.41, 5.74) is 1.20. The molecule has 1 aliphatic rings. The van der Waals surface area contributed by atoms with Crippen LogP contribution in [0.4, 0.5) is 0 Å². The first-order chi connectivity index (χ1) is 9.28. The molecule has 100 valence electrons. The van der Waals surface area contributed by atoms with Gasteiger partial charge < -0.3 is 4.74 Å². The molecule has 0 bridgehead atoms. The molecule has 2 aromatic rings. The van der Waals surface area contributed by atoms with Gasteiger partial charge in [-0.3, -0.25) is 4.40 Å². The van der Waals surface area contributed by atoms with Crippen LogP contribution in [0.1, 0.15) is 29.0 Å². The third-order valence-electron chi connectivity index (χ3n) is 3.34. The normalized spacial score (nSPS) is 18.9. The fourth-order valence-electron chi connectivity index (χ4n) is 2.33. The molecule has 1 aliphatic heterocycles. The van der Waals surface area contributed by atoms with Gasteiger partial charge in [-0.1, -0.05) is 0 Å². The standard InChI is InChI=1S/C13H15N3O2S/c1-18-13(17)9-4-5-16-11(7-9)14-15-12(16)8-10-3-2-6-19-10/h4-5,7,10H,2-3,6,8H2,1H3. The summed E-state index contributed by atoms with van der Waals surface area (Å²) in [6, 6.07) is 3.46. The Morgan fingerprint density at radius 3 is 3.21 bits per heavy atom. The summed E-state index contributed by atoms with van der Waals surface area (Å²) in [7, 11) is 1.37. The van der Waals surface area contributed by atoms with Crippen molar-refractivity contribution in [3.63, 3.8) is 0 Å². The van der Waals surface area contributed by atoms with Gasteiger partial charge in [0.05, 0.1) is 12.7 Å². The third kappa shape index (κ3) is 2.45. The van der Waals surface area contributed by atoms with Gasteiger partial charge in [-0.05, 0) is 30.7 Å². The van der Waals surface area contributed by atoms with E-state index in [0.29, 0.717) is 16.5 Å². The SMILES string of the molecule is COC(=O)c1ccn2c(CC3CCCS3)nnc2c1. The second kappa shape index (κ2) is 5.21. The molecule has 1 fully saturated rings. The Kier molecular flexibility index (Phi) is 3.42. The minimum Gasteiger partial charge on any atom is -0.465 e. The van der Waals surface area contributed by atoms with Crippen LogP contribution in [0.5, 0.6) is 0 Å². The van der Waals surface area contributed by atoms with Crippen LogP contribution in [-0.2, 0) is 11.2 Å². The van der Waals surface area contributed by atoms with Gasteiger partial charge in [-0.25, -0.2) is 4.79 Å². The number of carbonyl (C=O) groups excluding carboxylic acids is 1. The summed E-state index contributed by atoms with van der Waals surface area (Å²) in [6.45, 7) is 0. The fraction of sp³-hybridized carbons (Fsp3) is 0.462. The topological polar surface area (TPSA) is 56.5 Å². The smallest absolute Gasteiger partial charge is 0.338 e. The number of fused-ring (bicyclic) bond motifs is 1. The molecule has 0 aromatic carbocycles. The lowest BCUT2D eigenvalue weighted by atomic mass is 10.2. The van der Waals surface area contributed by atoms with E-state index >= 15 is 0 Å². The molecule has 6 heteroatoms. The van der Waals surface area contributed by atoms with Crippen LogP contribution in [0.15, 0.2) is 18.3 Å². The first-order valence-corrected chi connectivity index (χ1v) is 7.36. The van der Waals surface area contributed by atoms with Crippen LogP contribution in [0.3, 0.4) is 0 Å².